The van der Waals surface area contributed by atoms with E-state index in [1.807, 2.05) is 0 Å². The SMILES string of the molecule is Cc1cc(-c2ccc(CC(C)C)cc2)cc(C)c1Cl. The van der Waals surface area contributed by atoms with E-state index in [-0.39, 0.29) is 0 Å². The lowest BCUT2D eigenvalue weighted by Gasteiger charge is -2.10. The van der Waals surface area contributed by atoms with Gasteiger partial charge in [-0.05, 0) is 66.1 Å². The highest BCUT2D eigenvalue weighted by Gasteiger charge is 2.05. The Morgan fingerprint density at radius 2 is 1.42 bits per heavy atom. The topological polar surface area (TPSA) is 0 Å². The zero-order valence-corrected chi connectivity index (χ0v) is 12.9. The zero-order chi connectivity index (χ0) is 14.0. The second-order valence-electron chi connectivity index (χ2n) is 5.72. The molecule has 1 heteroatoms. The van der Waals surface area contributed by atoms with Crippen LogP contribution in [0.1, 0.15) is 30.5 Å². The lowest BCUT2D eigenvalue weighted by atomic mass is 9.97. The largest absolute Gasteiger partial charge is 0.0838 e. The number of aryl methyl sites for hydroxylation is 2. The van der Waals surface area contributed by atoms with Crippen molar-refractivity contribution in [2.45, 2.75) is 34.1 Å². The van der Waals surface area contributed by atoms with E-state index in [2.05, 4.69) is 64.1 Å². The van der Waals surface area contributed by atoms with Crippen LogP contribution in [-0.2, 0) is 6.42 Å². The van der Waals surface area contributed by atoms with E-state index in [0.717, 1.165) is 22.6 Å². The van der Waals surface area contributed by atoms with Gasteiger partial charge in [0, 0.05) is 5.02 Å². The van der Waals surface area contributed by atoms with E-state index in [9.17, 15) is 0 Å². The van der Waals surface area contributed by atoms with Crippen LogP contribution in [0.2, 0.25) is 5.02 Å². The molecule has 2 aromatic rings. The standard InChI is InChI=1S/C18H21Cl/c1-12(2)9-15-5-7-16(8-6-15)17-10-13(3)18(19)14(4)11-17/h5-8,10-12H,9H2,1-4H3. The van der Waals surface area contributed by atoms with Gasteiger partial charge in [0.2, 0.25) is 0 Å². The molecule has 0 saturated heterocycles. The maximum Gasteiger partial charge on any atom is 0.0464 e. The van der Waals surface area contributed by atoms with Crippen LogP contribution in [0.3, 0.4) is 0 Å². The summed E-state index contributed by atoms with van der Waals surface area (Å²) in [6.45, 7) is 8.62. The maximum atomic E-state index is 6.22. The molecule has 0 aliphatic rings. The zero-order valence-electron chi connectivity index (χ0n) is 12.1. The number of benzene rings is 2. The first-order valence-electron chi connectivity index (χ1n) is 6.83. The second kappa shape index (κ2) is 5.79. The predicted octanol–water partition coefficient (Wildman–Crippen LogP) is 5.82. The van der Waals surface area contributed by atoms with Gasteiger partial charge >= 0.3 is 0 Å². The van der Waals surface area contributed by atoms with Crippen molar-refractivity contribution < 1.29 is 0 Å². The summed E-state index contributed by atoms with van der Waals surface area (Å²) >= 11 is 6.22. The van der Waals surface area contributed by atoms with Crippen molar-refractivity contribution in [1.29, 1.82) is 0 Å². The molecule has 0 aliphatic carbocycles. The van der Waals surface area contributed by atoms with Gasteiger partial charge in [-0.15, -0.1) is 0 Å². The Morgan fingerprint density at radius 1 is 0.895 bits per heavy atom. The summed E-state index contributed by atoms with van der Waals surface area (Å²) in [6, 6.07) is 13.2. The summed E-state index contributed by atoms with van der Waals surface area (Å²) in [4.78, 5) is 0. The van der Waals surface area contributed by atoms with E-state index in [0.29, 0.717) is 5.92 Å². The van der Waals surface area contributed by atoms with Crippen LogP contribution < -0.4 is 0 Å². The summed E-state index contributed by atoms with van der Waals surface area (Å²) in [5.41, 5.74) is 6.19. The molecular formula is C18H21Cl. The van der Waals surface area contributed by atoms with Gasteiger partial charge in [0.25, 0.3) is 0 Å². The first kappa shape index (κ1) is 14.1. The molecule has 2 aromatic carbocycles. The van der Waals surface area contributed by atoms with Crippen LogP contribution in [0.4, 0.5) is 0 Å². The second-order valence-corrected chi connectivity index (χ2v) is 6.10. The number of hydrogen-bond acceptors (Lipinski definition) is 0. The molecule has 0 spiro atoms. The van der Waals surface area contributed by atoms with E-state index >= 15 is 0 Å². The molecule has 100 valence electrons. The minimum atomic E-state index is 0.700. The molecule has 0 fully saturated rings. The highest BCUT2D eigenvalue weighted by atomic mass is 35.5. The van der Waals surface area contributed by atoms with Gasteiger partial charge in [0.1, 0.15) is 0 Å². The van der Waals surface area contributed by atoms with Crippen molar-refractivity contribution in [2.75, 3.05) is 0 Å². The molecule has 0 aromatic heterocycles. The molecule has 0 atom stereocenters. The summed E-state index contributed by atoms with van der Waals surface area (Å²) in [5.74, 6) is 0.700. The Labute approximate surface area is 121 Å². The quantitative estimate of drug-likeness (QED) is 0.660. The van der Waals surface area contributed by atoms with Gasteiger partial charge in [-0.25, -0.2) is 0 Å². The fourth-order valence-electron chi connectivity index (χ4n) is 2.42. The minimum Gasteiger partial charge on any atom is -0.0838 e. The van der Waals surface area contributed by atoms with Crippen molar-refractivity contribution in [3.05, 3.63) is 58.1 Å². The molecule has 0 heterocycles. The molecular weight excluding hydrogens is 252 g/mol. The fourth-order valence-corrected chi connectivity index (χ4v) is 2.53. The normalized spacial score (nSPS) is 11.1. The lowest BCUT2D eigenvalue weighted by molar-refractivity contribution is 0.647. The van der Waals surface area contributed by atoms with Crippen LogP contribution in [0.5, 0.6) is 0 Å². The Kier molecular flexibility index (Phi) is 4.31. The molecule has 0 amide bonds. The Hall–Kier alpha value is -1.27. The first-order chi connectivity index (χ1) is 8.97. The highest BCUT2D eigenvalue weighted by Crippen LogP contribution is 2.28. The third kappa shape index (κ3) is 3.39. The minimum absolute atomic E-state index is 0.700. The van der Waals surface area contributed by atoms with Crippen LogP contribution in [0.15, 0.2) is 36.4 Å². The monoisotopic (exact) mass is 272 g/mol. The smallest absolute Gasteiger partial charge is 0.0464 e. The van der Waals surface area contributed by atoms with E-state index < -0.39 is 0 Å². The van der Waals surface area contributed by atoms with Crippen LogP contribution in [0, 0.1) is 19.8 Å². The van der Waals surface area contributed by atoms with Crippen molar-refractivity contribution in [3.8, 4) is 11.1 Å². The van der Waals surface area contributed by atoms with Crippen molar-refractivity contribution in [2.24, 2.45) is 5.92 Å². The van der Waals surface area contributed by atoms with E-state index in [1.165, 1.54) is 16.7 Å². The number of rotatable bonds is 3. The molecule has 0 radical (unpaired) electrons. The van der Waals surface area contributed by atoms with Gasteiger partial charge in [0.15, 0.2) is 0 Å². The summed E-state index contributed by atoms with van der Waals surface area (Å²) in [5, 5.41) is 0.875. The lowest BCUT2D eigenvalue weighted by Crippen LogP contribution is -1.93. The Balaban J connectivity index is 2.32. The van der Waals surface area contributed by atoms with Gasteiger partial charge in [0.05, 0.1) is 0 Å². The van der Waals surface area contributed by atoms with Gasteiger partial charge in [-0.2, -0.15) is 0 Å². The maximum absolute atomic E-state index is 6.22. The van der Waals surface area contributed by atoms with E-state index in [4.69, 9.17) is 11.6 Å². The molecule has 19 heavy (non-hydrogen) atoms. The summed E-state index contributed by atoms with van der Waals surface area (Å²) in [7, 11) is 0. The van der Waals surface area contributed by atoms with Crippen LogP contribution in [-0.4, -0.2) is 0 Å². The highest BCUT2D eigenvalue weighted by molar-refractivity contribution is 6.32. The molecule has 0 unspecified atom stereocenters. The van der Waals surface area contributed by atoms with Crippen molar-refractivity contribution in [3.63, 3.8) is 0 Å². The molecule has 0 N–H and O–H groups in total. The average Bonchev–Trinajstić information content (AvgIpc) is 2.35. The third-order valence-corrected chi connectivity index (χ3v) is 3.96. The van der Waals surface area contributed by atoms with Crippen molar-refractivity contribution in [1.82, 2.24) is 0 Å². The molecule has 0 saturated carbocycles. The fraction of sp³-hybridized carbons (Fsp3) is 0.333. The summed E-state index contributed by atoms with van der Waals surface area (Å²) < 4.78 is 0. The third-order valence-electron chi connectivity index (χ3n) is 3.37. The van der Waals surface area contributed by atoms with Crippen LogP contribution in [0.25, 0.3) is 11.1 Å². The first-order valence-corrected chi connectivity index (χ1v) is 7.21. The van der Waals surface area contributed by atoms with Crippen LogP contribution >= 0.6 is 11.6 Å². The average molecular weight is 273 g/mol. The number of halogens is 1. The molecule has 0 aliphatic heterocycles. The van der Waals surface area contributed by atoms with Gasteiger partial charge in [-0.3, -0.25) is 0 Å². The number of hydrogen-bond donors (Lipinski definition) is 0. The van der Waals surface area contributed by atoms with E-state index in [1.54, 1.807) is 0 Å². The van der Waals surface area contributed by atoms with Crippen molar-refractivity contribution >= 4 is 11.6 Å². The summed E-state index contributed by atoms with van der Waals surface area (Å²) in [6.07, 6.45) is 1.14. The molecule has 2 rings (SSSR count). The van der Waals surface area contributed by atoms with Gasteiger partial charge < -0.3 is 0 Å². The Morgan fingerprint density at radius 3 is 1.89 bits per heavy atom. The predicted molar refractivity (Wildman–Crippen MR) is 84.9 cm³/mol. The molecule has 0 bridgehead atoms. The van der Waals surface area contributed by atoms with Gasteiger partial charge in [-0.1, -0.05) is 49.7 Å². The Bertz CT molecular complexity index is 542. The molecule has 0 nitrogen and oxygen atoms in total.